The zero-order chi connectivity index (χ0) is 22.9. The van der Waals surface area contributed by atoms with Gasteiger partial charge in [0.1, 0.15) is 0 Å². The molecular formula is C27H27N3O3. The smallest absolute Gasteiger partial charge is 0.242 e. The highest BCUT2D eigenvalue weighted by Gasteiger charge is 2.54. The molecule has 0 unspecified atom stereocenters. The zero-order valence-corrected chi connectivity index (χ0v) is 18.6. The van der Waals surface area contributed by atoms with E-state index >= 15 is 0 Å². The number of aliphatic hydroxyl groups excluding tert-OH is 1. The molecule has 168 valence electrons. The molecule has 0 spiro atoms. The Bertz CT molecular complexity index is 1150. The van der Waals surface area contributed by atoms with Crippen molar-refractivity contribution >= 4 is 11.8 Å². The number of aryl methyl sites for hydroxylation is 1. The van der Waals surface area contributed by atoms with Crippen molar-refractivity contribution in [3.05, 3.63) is 89.7 Å². The number of amides is 2. The van der Waals surface area contributed by atoms with Crippen molar-refractivity contribution in [3.8, 4) is 11.1 Å². The van der Waals surface area contributed by atoms with Crippen molar-refractivity contribution in [2.24, 2.45) is 0 Å². The Balaban J connectivity index is 1.34. The lowest BCUT2D eigenvalue weighted by molar-refractivity contribution is -0.166. The largest absolute Gasteiger partial charge is 0.394 e. The van der Waals surface area contributed by atoms with E-state index in [1.54, 1.807) is 16.0 Å². The fraction of sp³-hybridized carbons (Fsp3) is 0.296. The number of hydrogen-bond donors (Lipinski definition) is 1. The summed E-state index contributed by atoms with van der Waals surface area (Å²) in [5, 5.41) is 10.0. The van der Waals surface area contributed by atoms with E-state index in [9.17, 15) is 14.7 Å². The predicted molar refractivity (Wildman–Crippen MR) is 125 cm³/mol. The number of hydrogen-bond acceptors (Lipinski definition) is 4. The summed E-state index contributed by atoms with van der Waals surface area (Å²) in [7, 11) is 0. The first-order valence-corrected chi connectivity index (χ1v) is 11.3. The Kier molecular flexibility index (Phi) is 5.68. The number of aliphatic hydroxyl groups is 1. The second-order valence-corrected chi connectivity index (χ2v) is 8.90. The van der Waals surface area contributed by atoms with Crippen LogP contribution in [0.5, 0.6) is 0 Å². The van der Waals surface area contributed by atoms with Gasteiger partial charge in [-0.3, -0.25) is 14.6 Å². The third-order valence-corrected chi connectivity index (χ3v) is 6.84. The molecule has 1 aromatic heterocycles. The van der Waals surface area contributed by atoms with E-state index in [4.69, 9.17) is 0 Å². The van der Waals surface area contributed by atoms with Crippen LogP contribution in [-0.4, -0.2) is 63.5 Å². The van der Waals surface area contributed by atoms with Gasteiger partial charge in [0, 0.05) is 24.4 Å². The van der Waals surface area contributed by atoms with Gasteiger partial charge in [-0.1, -0.05) is 60.2 Å². The Morgan fingerprint density at radius 2 is 1.73 bits per heavy atom. The fourth-order valence-corrected chi connectivity index (χ4v) is 5.10. The standard InChI is InChI=1S/C27H27N3O3/c1-18-5-7-19(8-6-18)20-9-11-21(12-10-20)27-23-15-29(16-26(33)30(23)24(27)17-31)25(32)14-22-4-2-3-13-28-22/h2-13,23-24,27,31H,14-17H2,1H3/t23-,24+,27+/m1/s1. The number of benzene rings is 2. The van der Waals surface area contributed by atoms with E-state index in [1.807, 2.05) is 18.2 Å². The maximum absolute atomic E-state index is 12.9. The van der Waals surface area contributed by atoms with Gasteiger partial charge in [-0.25, -0.2) is 0 Å². The molecule has 2 aliphatic heterocycles. The van der Waals surface area contributed by atoms with Gasteiger partial charge in [0.25, 0.3) is 0 Å². The van der Waals surface area contributed by atoms with E-state index in [2.05, 4.69) is 60.4 Å². The molecule has 0 radical (unpaired) electrons. The topological polar surface area (TPSA) is 73.7 Å². The Morgan fingerprint density at radius 3 is 2.36 bits per heavy atom. The number of piperazine rings is 1. The summed E-state index contributed by atoms with van der Waals surface area (Å²) >= 11 is 0. The zero-order valence-electron chi connectivity index (χ0n) is 18.6. The third kappa shape index (κ3) is 4.02. The summed E-state index contributed by atoms with van der Waals surface area (Å²) in [6.07, 6.45) is 1.85. The number of nitrogens with zero attached hydrogens (tertiary/aromatic N) is 3. The lowest BCUT2D eigenvalue weighted by Gasteiger charge is -2.58. The number of fused-ring (bicyclic) bond motifs is 1. The van der Waals surface area contributed by atoms with Gasteiger partial charge in [-0.15, -0.1) is 0 Å². The van der Waals surface area contributed by atoms with E-state index in [-0.39, 0.29) is 49.4 Å². The van der Waals surface area contributed by atoms with Gasteiger partial charge in [0.2, 0.25) is 11.8 Å². The van der Waals surface area contributed by atoms with Crippen molar-refractivity contribution in [2.45, 2.75) is 31.3 Å². The highest BCUT2D eigenvalue weighted by atomic mass is 16.3. The molecule has 6 nitrogen and oxygen atoms in total. The fourth-order valence-electron chi connectivity index (χ4n) is 5.10. The van der Waals surface area contributed by atoms with Gasteiger partial charge in [0.05, 0.1) is 31.7 Å². The first kappa shape index (κ1) is 21.3. The molecule has 2 fully saturated rings. The molecule has 2 aromatic carbocycles. The lowest BCUT2D eigenvalue weighted by atomic mass is 9.73. The molecule has 0 bridgehead atoms. The second kappa shape index (κ2) is 8.79. The highest BCUT2D eigenvalue weighted by molar-refractivity contribution is 5.88. The molecule has 3 atom stereocenters. The Hall–Kier alpha value is -3.51. The van der Waals surface area contributed by atoms with Crippen molar-refractivity contribution in [2.75, 3.05) is 19.7 Å². The van der Waals surface area contributed by atoms with E-state index < -0.39 is 0 Å². The second-order valence-electron chi connectivity index (χ2n) is 8.90. The van der Waals surface area contributed by atoms with Crippen LogP contribution in [0.2, 0.25) is 0 Å². The number of rotatable bonds is 5. The van der Waals surface area contributed by atoms with Crippen molar-refractivity contribution in [3.63, 3.8) is 0 Å². The Morgan fingerprint density at radius 1 is 1.03 bits per heavy atom. The molecule has 5 rings (SSSR count). The van der Waals surface area contributed by atoms with Crippen molar-refractivity contribution in [1.29, 1.82) is 0 Å². The highest BCUT2D eigenvalue weighted by Crippen LogP contribution is 2.43. The number of carbonyl (C=O) groups is 2. The summed E-state index contributed by atoms with van der Waals surface area (Å²) in [5.41, 5.74) is 5.28. The van der Waals surface area contributed by atoms with E-state index in [1.165, 1.54) is 5.56 Å². The van der Waals surface area contributed by atoms with Crippen LogP contribution < -0.4 is 0 Å². The van der Waals surface area contributed by atoms with E-state index in [0.29, 0.717) is 12.2 Å². The summed E-state index contributed by atoms with van der Waals surface area (Å²) in [5.74, 6) is -0.203. The van der Waals surface area contributed by atoms with Gasteiger partial charge < -0.3 is 14.9 Å². The SMILES string of the molecule is Cc1ccc(-c2ccc([C@H]3[C@H]4CN(C(=O)Cc5ccccn5)CC(=O)N4[C@H]3CO)cc2)cc1. The van der Waals surface area contributed by atoms with Gasteiger partial charge in [-0.2, -0.15) is 0 Å². The quantitative estimate of drug-likeness (QED) is 0.661. The summed E-state index contributed by atoms with van der Waals surface area (Å²) in [6, 6.07) is 21.9. The molecule has 2 aliphatic rings. The molecule has 6 heteroatoms. The molecule has 2 amide bonds. The average molecular weight is 442 g/mol. The monoisotopic (exact) mass is 441 g/mol. The minimum atomic E-state index is -0.249. The van der Waals surface area contributed by atoms with Crippen molar-refractivity contribution < 1.29 is 14.7 Å². The predicted octanol–water partition coefficient (Wildman–Crippen LogP) is 2.80. The maximum Gasteiger partial charge on any atom is 0.242 e. The molecule has 1 N–H and O–H groups in total. The molecule has 3 heterocycles. The van der Waals surface area contributed by atoms with Crippen LogP contribution in [0.4, 0.5) is 0 Å². The molecule has 2 saturated heterocycles. The molecule has 0 aliphatic carbocycles. The van der Waals surface area contributed by atoms with E-state index in [0.717, 1.165) is 16.7 Å². The van der Waals surface area contributed by atoms with Crippen LogP contribution in [0.15, 0.2) is 72.9 Å². The minimum Gasteiger partial charge on any atom is -0.394 e. The molecule has 3 aromatic rings. The lowest BCUT2D eigenvalue weighted by Crippen LogP contribution is -2.73. The van der Waals surface area contributed by atoms with Crippen LogP contribution in [-0.2, 0) is 16.0 Å². The Labute approximate surface area is 193 Å². The van der Waals surface area contributed by atoms with Crippen LogP contribution >= 0.6 is 0 Å². The van der Waals surface area contributed by atoms with Crippen LogP contribution in [0.3, 0.4) is 0 Å². The van der Waals surface area contributed by atoms with Crippen LogP contribution in [0.25, 0.3) is 11.1 Å². The number of aromatic nitrogens is 1. The van der Waals surface area contributed by atoms with Crippen molar-refractivity contribution in [1.82, 2.24) is 14.8 Å². The molecular weight excluding hydrogens is 414 g/mol. The van der Waals surface area contributed by atoms with Gasteiger partial charge in [-0.05, 0) is 35.7 Å². The number of pyridine rings is 1. The maximum atomic E-state index is 12.9. The number of carbonyl (C=O) groups excluding carboxylic acids is 2. The summed E-state index contributed by atoms with van der Waals surface area (Å²) in [6.45, 7) is 2.50. The average Bonchev–Trinajstić information content (AvgIpc) is 2.82. The normalized spacial score (nSPS) is 22.0. The van der Waals surface area contributed by atoms with Crippen LogP contribution in [0, 0.1) is 6.92 Å². The third-order valence-electron chi connectivity index (χ3n) is 6.84. The van der Waals surface area contributed by atoms with Crippen LogP contribution in [0.1, 0.15) is 22.7 Å². The minimum absolute atomic E-state index is 0.00327. The summed E-state index contributed by atoms with van der Waals surface area (Å²) in [4.78, 5) is 33.4. The first-order valence-electron chi connectivity index (χ1n) is 11.3. The molecule has 33 heavy (non-hydrogen) atoms. The van der Waals surface area contributed by atoms with Gasteiger partial charge in [0.15, 0.2) is 0 Å². The summed E-state index contributed by atoms with van der Waals surface area (Å²) < 4.78 is 0. The first-order chi connectivity index (χ1) is 16.0. The molecule has 0 saturated carbocycles. The van der Waals surface area contributed by atoms with Gasteiger partial charge >= 0.3 is 0 Å².